The number of benzene rings is 2. The Labute approximate surface area is 127 Å². The van der Waals surface area contributed by atoms with Gasteiger partial charge in [-0.2, -0.15) is 0 Å². The van der Waals surface area contributed by atoms with Gasteiger partial charge in [0.2, 0.25) is 0 Å². The molecule has 0 saturated heterocycles. The number of rotatable bonds is 5. The first-order valence-electron chi connectivity index (χ1n) is 7.68. The summed E-state index contributed by atoms with van der Waals surface area (Å²) in [6.07, 6.45) is 2.85. The molecule has 0 amide bonds. The Balaban J connectivity index is 1.82. The van der Waals surface area contributed by atoms with Gasteiger partial charge in [0.25, 0.3) is 0 Å². The molecule has 1 N–H and O–H groups in total. The van der Waals surface area contributed by atoms with Gasteiger partial charge in [0.05, 0.1) is 12.1 Å². The normalized spacial score (nSPS) is 15.8. The molecule has 0 aliphatic heterocycles. The van der Waals surface area contributed by atoms with Crippen molar-refractivity contribution in [3.63, 3.8) is 0 Å². The highest BCUT2D eigenvalue weighted by Crippen LogP contribution is 2.29. The zero-order valence-electron chi connectivity index (χ0n) is 13.0. The van der Waals surface area contributed by atoms with Crippen molar-refractivity contribution in [2.24, 2.45) is 0 Å². The largest absolute Gasteiger partial charge is 0.490 e. The molecule has 0 bridgehead atoms. The van der Waals surface area contributed by atoms with Gasteiger partial charge in [-0.3, -0.25) is 0 Å². The predicted molar refractivity (Wildman–Crippen MR) is 86.9 cm³/mol. The van der Waals surface area contributed by atoms with Crippen molar-refractivity contribution in [1.82, 2.24) is 5.32 Å². The SMILES string of the molecule is CNC(c1ccc(OC2CC2)cc1)c1ccc(C)c(C)c1. The summed E-state index contributed by atoms with van der Waals surface area (Å²) in [6, 6.07) is 15.4. The topological polar surface area (TPSA) is 21.3 Å². The lowest BCUT2D eigenvalue weighted by molar-refractivity contribution is 0.303. The number of aryl methyl sites for hydroxylation is 2. The molecule has 1 atom stereocenters. The van der Waals surface area contributed by atoms with E-state index in [0.29, 0.717) is 6.10 Å². The highest BCUT2D eigenvalue weighted by atomic mass is 16.5. The van der Waals surface area contributed by atoms with E-state index in [1.54, 1.807) is 0 Å². The maximum Gasteiger partial charge on any atom is 0.119 e. The van der Waals surface area contributed by atoms with Crippen LogP contribution in [0.4, 0.5) is 0 Å². The molecule has 0 aromatic heterocycles. The summed E-state index contributed by atoms with van der Waals surface area (Å²) in [5.41, 5.74) is 5.24. The van der Waals surface area contributed by atoms with Crippen molar-refractivity contribution in [3.05, 3.63) is 64.7 Å². The molecule has 0 radical (unpaired) electrons. The van der Waals surface area contributed by atoms with Gasteiger partial charge in [-0.05, 0) is 68.1 Å². The average Bonchev–Trinajstić information content (AvgIpc) is 3.29. The zero-order chi connectivity index (χ0) is 14.8. The molecule has 3 rings (SSSR count). The van der Waals surface area contributed by atoms with E-state index >= 15 is 0 Å². The summed E-state index contributed by atoms with van der Waals surface area (Å²) < 4.78 is 5.81. The van der Waals surface area contributed by atoms with Crippen LogP contribution in [0.2, 0.25) is 0 Å². The van der Waals surface area contributed by atoms with Gasteiger partial charge < -0.3 is 10.1 Å². The molecule has 1 aliphatic rings. The van der Waals surface area contributed by atoms with Crippen LogP contribution < -0.4 is 10.1 Å². The maximum atomic E-state index is 5.81. The van der Waals surface area contributed by atoms with Crippen LogP contribution in [0, 0.1) is 13.8 Å². The van der Waals surface area contributed by atoms with Gasteiger partial charge in [0.15, 0.2) is 0 Å². The monoisotopic (exact) mass is 281 g/mol. The van der Waals surface area contributed by atoms with Crippen molar-refractivity contribution in [3.8, 4) is 5.75 Å². The van der Waals surface area contributed by atoms with Gasteiger partial charge in [-0.1, -0.05) is 30.3 Å². The minimum absolute atomic E-state index is 0.222. The first-order valence-corrected chi connectivity index (χ1v) is 7.68. The fourth-order valence-electron chi connectivity index (χ4n) is 2.59. The molecule has 0 heterocycles. The van der Waals surface area contributed by atoms with E-state index in [2.05, 4.69) is 61.6 Å². The van der Waals surface area contributed by atoms with Crippen LogP contribution in [0.25, 0.3) is 0 Å². The zero-order valence-corrected chi connectivity index (χ0v) is 13.0. The maximum absolute atomic E-state index is 5.81. The van der Waals surface area contributed by atoms with Gasteiger partial charge in [-0.15, -0.1) is 0 Å². The molecule has 2 nitrogen and oxygen atoms in total. The van der Waals surface area contributed by atoms with Gasteiger partial charge in [0.1, 0.15) is 5.75 Å². The van der Waals surface area contributed by atoms with Gasteiger partial charge in [0, 0.05) is 0 Å². The minimum Gasteiger partial charge on any atom is -0.490 e. The Morgan fingerprint density at radius 2 is 1.62 bits per heavy atom. The van der Waals surface area contributed by atoms with E-state index < -0.39 is 0 Å². The van der Waals surface area contributed by atoms with Crippen LogP contribution in [-0.4, -0.2) is 13.2 Å². The summed E-state index contributed by atoms with van der Waals surface area (Å²) in [6.45, 7) is 4.32. The molecule has 1 saturated carbocycles. The second kappa shape index (κ2) is 5.90. The molecule has 1 unspecified atom stereocenters. The highest BCUT2D eigenvalue weighted by Gasteiger charge is 2.23. The Morgan fingerprint density at radius 1 is 0.952 bits per heavy atom. The fourth-order valence-corrected chi connectivity index (χ4v) is 2.59. The molecule has 110 valence electrons. The third-order valence-corrected chi connectivity index (χ3v) is 4.19. The first-order chi connectivity index (χ1) is 10.2. The summed E-state index contributed by atoms with van der Waals surface area (Å²) in [4.78, 5) is 0. The number of ether oxygens (including phenoxy) is 1. The summed E-state index contributed by atoms with van der Waals surface area (Å²) in [5, 5.41) is 3.41. The molecule has 1 fully saturated rings. The molecular formula is C19H23NO. The van der Waals surface area contributed by atoms with Crippen LogP contribution in [0.3, 0.4) is 0 Å². The van der Waals surface area contributed by atoms with Crippen LogP contribution in [0.5, 0.6) is 5.75 Å². The lowest BCUT2D eigenvalue weighted by Gasteiger charge is -2.19. The van der Waals surface area contributed by atoms with Gasteiger partial charge in [-0.25, -0.2) is 0 Å². The summed E-state index contributed by atoms with van der Waals surface area (Å²) in [7, 11) is 2.01. The Morgan fingerprint density at radius 3 is 2.19 bits per heavy atom. The number of hydrogen-bond acceptors (Lipinski definition) is 2. The van der Waals surface area contributed by atoms with E-state index in [0.717, 1.165) is 5.75 Å². The van der Waals surface area contributed by atoms with Crippen molar-refractivity contribution in [2.45, 2.75) is 38.8 Å². The lowest BCUT2D eigenvalue weighted by Crippen LogP contribution is -2.17. The Hall–Kier alpha value is -1.80. The minimum atomic E-state index is 0.222. The molecule has 2 heteroatoms. The van der Waals surface area contributed by atoms with E-state index in [1.807, 2.05) is 7.05 Å². The standard InChI is InChI=1S/C19H23NO/c1-13-4-5-16(12-14(13)2)19(20-3)15-6-8-17(9-7-15)21-18-10-11-18/h4-9,12,18-20H,10-11H2,1-3H3. The van der Waals surface area contributed by atoms with E-state index in [-0.39, 0.29) is 6.04 Å². The summed E-state index contributed by atoms with van der Waals surface area (Å²) in [5.74, 6) is 0.983. The van der Waals surface area contributed by atoms with Crippen LogP contribution >= 0.6 is 0 Å². The van der Waals surface area contributed by atoms with Gasteiger partial charge >= 0.3 is 0 Å². The Bertz CT molecular complexity index is 614. The molecule has 2 aromatic rings. The Kier molecular flexibility index (Phi) is 3.98. The second-order valence-electron chi connectivity index (χ2n) is 5.95. The molecule has 0 spiro atoms. The molecule has 21 heavy (non-hydrogen) atoms. The van der Waals surface area contributed by atoms with Crippen molar-refractivity contribution in [2.75, 3.05) is 7.05 Å². The fraction of sp³-hybridized carbons (Fsp3) is 0.368. The molecule has 2 aromatic carbocycles. The average molecular weight is 281 g/mol. The predicted octanol–water partition coefficient (Wildman–Crippen LogP) is 4.15. The third-order valence-electron chi connectivity index (χ3n) is 4.19. The van der Waals surface area contributed by atoms with E-state index in [4.69, 9.17) is 4.74 Å². The quantitative estimate of drug-likeness (QED) is 0.889. The first kappa shape index (κ1) is 14.2. The lowest BCUT2D eigenvalue weighted by atomic mass is 9.96. The highest BCUT2D eigenvalue weighted by molar-refractivity contribution is 5.39. The van der Waals surface area contributed by atoms with Crippen LogP contribution in [0.15, 0.2) is 42.5 Å². The van der Waals surface area contributed by atoms with Crippen molar-refractivity contribution in [1.29, 1.82) is 0 Å². The summed E-state index contributed by atoms with van der Waals surface area (Å²) >= 11 is 0. The van der Waals surface area contributed by atoms with Crippen molar-refractivity contribution >= 4 is 0 Å². The van der Waals surface area contributed by atoms with Crippen LogP contribution in [0.1, 0.15) is 41.1 Å². The van der Waals surface area contributed by atoms with Crippen molar-refractivity contribution < 1.29 is 4.74 Å². The number of hydrogen-bond donors (Lipinski definition) is 1. The molecule has 1 aliphatic carbocycles. The third kappa shape index (κ3) is 3.27. The van der Waals surface area contributed by atoms with Crippen LogP contribution in [-0.2, 0) is 0 Å². The number of nitrogens with one attached hydrogen (secondary N) is 1. The smallest absolute Gasteiger partial charge is 0.119 e. The van der Waals surface area contributed by atoms with E-state index in [1.165, 1.54) is 35.1 Å². The molecular weight excluding hydrogens is 258 g/mol. The van der Waals surface area contributed by atoms with E-state index in [9.17, 15) is 0 Å². The second-order valence-corrected chi connectivity index (χ2v) is 5.95.